The third-order valence-corrected chi connectivity index (χ3v) is 3.56. The molecule has 0 atom stereocenters. The Bertz CT molecular complexity index is 899. The summed E-state index contributed by atoms with van der Waals surface area (Å²) < 4.78 is 5.03. The molecule has 0 fully saturated rings. The molecule has 0 aliphatic carbocycles. The van der Waals surface area contributed by atoms with Crippen molar-refractivity contribution in [2.45, 2.75) is 12.8 Å². The molecule has 11 heteroatoms. The molecule has 0 radical (unpaired) electrons. The van der Waals surface area contributed by atoms with Crippen molar-refractivity contribution < 1.29 is 9.53 Å². The highest BCUT2D eigenvalue weighted by Gasteiger charge is 2.08. The lowest BCUT2D eigenvalue weighted by atomic mass is 10.2. The third-order valence-electron chi connectivity index (χ3n) is 3.00. The summed E-state index contributed by atoms with van der Waals surface area (Å²) in [4.78, 5) is 36.0. The fraction of sp³-hybridized carbons (Fsp3) is 0.214. The number of nitrogens with zero attached hydrogens (tertiary/aromatic N) is 2. The van der Waals surface area contributed by atoms with Crippen LogP contribution in [0.15, 0.2) is 26.8 Å². The van der Waals surface area contributed by atoms with E-state index in [4.69, 9.17) is 27.9 Å². The van der Waals surface area contributed by atoms with E-state index in [9.17, 15) is 14.4 Å². The van der Waals surface area contributed by atoms with Gasteiger partial charge in [-0.05, 0) is 17.7 Å². The fourth-order valence-electron chi connectivity index (χ4n) is 1.86. The van der Waals surface area contributed by atoms with Crippen LogP contribution in [0.4, 0.5) is 0 Å². The molecule has 2 rings (SSSR count). The molecule has 0 saturated carbocycles. The number of aromatic nitrogens is 3. The molecule has 1 heterocycles. The second kappa shape index (κ2) is 8.45. The van der Waals surface area contributed by atoms with Crippen molar-refractivity contribution in [2.75, 3.05) is 7.11 Å². The number of amides is 1. The average molecular weight is 386 g/mol. The van der Waals surface area contributed by atoms with Gasteiger partial charge >= 0.3 is 5.69 Å². The predicted molar refractivity (Wildman–Crippen MR) is 92.6 cm³/mol. The zero-order valence-electron chi connectivity index (χ0n) is 12.9. The van der Waals surface area contributed by atoms with Crippen LogP contribution in [0, 0.1) is 0 Å². The van der Waals surface area contributed by atoms with Gasteiger partial charge in [0.25, 0.3) is 5.56 Å². The minimum absolute atomic E-state index is 0.0381. The van der Waals surface area contributed by atoms with Gasteiger partial charge in [0.2, 0.25) is 5.91 Å². The van der Waals surface area contributed by atoms with Crippen LogP contribution in [0.2, 0.25) is 10.0 Å². The highest BCUT2D eigenvalue weighted by molar-refractivity contribution is 6.37. The number of benzene rings is 1. The maximum atomic E-state index is 11.7. The van der Waals surface area contributed by atoms with Gasteiger partial charge in [-0.25, -0.2) is 15.3 Å². The Kier molecular flexibility index (Phi) is 6.31. The van der Waals surface area contributed by atoms with E-state index in [1.165, 1.54) is 13.3 Å². The van der Waals surface area contributed by atoms with E-state index in [-0.39, 0.29) is 18.5 Å². The molecular weight excluding hydrogens is 373 g/mol. The number of aryl methyl sites for hydroxylation is 1. The summed E-state index contributed by atoms with van der Waals surface area (Å²) in [6, 6.07) is 3.15. The number of hydrazone groups is 1. The van der Waals surface area contributed by atoms with E-state index in [0.717, 1.165) is 0 Å². The number of halogens is 2. The topological polar surface area (TPSA) is 129 Å². The molecule has 132 valence electrons. The smallest absolute Gasteiger partial charge is 0.342 e. The number of hydrogen-bond acceptors (Lipinski definition) is 6. The number of ether oxygens (including phenoxy) is 1. The van der Waals surface area contributed by atoms with Crippen molar-refractivity contribution in [1.29, 1.82) is 0 Å². The SMILES string of the molecule is COc1c(Cl)cc(/C=N/NC(=O)CCc2n[nH]c(=O)[nH]c2=O)cc1Cl. The summed E-state index contributed by atoms with van der Waals surface area (Å²) in [6.07, 6.45) is 1.37. The van der Waals surface area contributed by atoms with E-state index >= 15 is 0 Å². The van der Waals surface area contributed by atoms with E-state index in [1.807, 2.05) is 4.98 Å². The normalized spacial score (nSPS) is 10.8. The molecule has 9 nitrogen and oxygen atoms in total. The molecule has 1 aromatic carbocycles. The van der Waals surface area contributed by atoms with Crippen molar-refractivity contribution >= 4 is 35.3 Å². The number of rotatable bonds is 6. The molecule has 0 aliphatic rings. The first-order valence-corrected chi connectivity index (χ1v) is 7.69. The molecule has 25 heavy (non-hydrogen) atoms. The summed E-state index contributed by atoms with van der Waals surface area (Å²) in [5.74, 6) is -0.0856. The van der Waals surface area contributed by atoms with Crippen LogP contribution in [0.3, 0.4) is 0 Å². The summed E-state index contributed by atoms with van der Waals surface area (Å²) in [5, 5.41) is 10.1. The number of nitrogens with one attached hydrogen (secondary N) is 3. The molecule has 0 bridgehead atoms. The van der Waals surface area contributed by atoms with Crippen molar-refractivity contribution in [3.05, 3.63) is 54.3 Å². The van der Waals surface area contributed by atoms with Gasteiger partial charge < -0.3 is 4.74 Å². The fourth-order valence-corrected chi connectivity index (χ4v) is 2.52. The van der Waals surface area contributed by atoms with Crippen LogP contribution in [0.5, 0.6) is 5.75 Å². The van der Waals surface area contributed by atoms with E-state index < -0.39 is 17.2 Å². The minimum atomic E-state index is -0.709. The summed E-state index contributed by atoms with van der Waals surface area (Å²) in [7, 11) is 1.45. The number of methoxy groups -OCH3 is 1. The Hall–Kier alpha value is -2.65. The van der Waals surface area contributed by atoms with Gasteiger partial charge in [-0.1, -0.05) is 23.2 Å². The molecule has 3 N–H and O–H groups in total. The van der Waals surface area contributed by atoms with Crippen LogP contribution >= 0.6 is 23.2 Å². The lowest BCUT2D eigenvalue weighted by Crippen LogP contribution is -2.28. The highest BCUT2D eigenvalue weighted by atomic mass is 35.5. The maximum absolute atomic E-state index is 11.7. The lowest BCUT2D eigenvalue weighted by molar-refractivity contribution is -0.121. The molecule has 1 aromatic heterocycles. The monoisotopic (exact) mass is 385 g/mol. The van der Waals surface area contributed by atoms with Crippen molar-refractivity contribution in [3.8, 4) is 5.75 Å². The Labute approximate surface area is 151 Å². The zero-order valence-corrected chi connectivity index (χ0v) is 14.4. The highest BCUT2D eigenvalue weighted by Crippen LogP contribution is 2.33. The van der Waals surface area contributed by atoms with E-state index in [1.54, 1.807) is 12.1 Å². The first kappa shape index (κ1) is 18.7. The van der Waals surface area contributed by atoms with Crippen molar-refractivity contribution in [3.63, 3.8) is 0 Å². The van der Waals surface area contributed by atoms with E-state index in [2.05, 4.69) is 20.7 Å². The van der Waals surface area contributed by atoms with Crippen LogP contribution in [-0.4, -0.2) is 34.4 Å². The number of carbonyl (C=O) groups is 1. The average Bonchev–Trinajstić information content (AvgIpc) is 2.54. The van der Waals surface area contributed by atoms with Crippen LogP contribution in [0.25, 0.3) is 0 Å². The largest absolute Gasteiger partial charge is 0.494 e. The van der Waals surface area contributed by atoms with Crippen molar-refractivity contribution in [2.24, 2.45) is 5.10 Å². The van der Waals surface area contributed by atoms with Gasteiger partial charge in [-0.2, -0.15) is 10.2 Å². The number of H-pyrrole nitrogens is 2. The standard InChI is InChI=1S/C14H13Cl2N5O4/c1-25-12-8(15)4-7(5-9(12)16)6-17-20-11(22)3-2-10-13(23)18-14(24)21-19-10/h4-6H,2-3H2,1H3,(H,20,22)(H2,18,21,23,24)/b17-6+. The number of hydrogen-bond donors (Lipinski definition) is 3. The van der Waals surface area contributed by atoms with E-state index in [0.29, 0.717) is 21.4 Å². The molecule has 1 amide bonds. The lowest BCUT2D eigenvalue weighted by Gasteiger charge is -2.06. The maximum Gasteiger partial charge on any atom is 0.342 e. The first-order chi connectivity index (χ1) is 11.9. The number of carbonyl (C=O) groups excluding carboxylic acids is 1. The van der Waals surface area contributed by atoms with Crippen LogP contribution < -0.4 is 21.4 Å². The second-order valence-corrected chi connectivity index (χ2v) is 5.58. The molecule has 0 saturated heterocycles. The minimum Gasteiger partial charge on any atom is -0.494 e. The first-order valence-electron chi connectivity index (χ1n) is 6.93. The molecular formula is C14H13Cl2N5O4. The molecule has 2 aromatic rings. The predicted octanol–water partition coefficient (Wildman–Crippen LogP) is 0.856. The second-order valence-electron chi connectivity index (χ2n) is 4.76. The van der Waals surface area contributed by atoms with Gasteiger partial charge in [0.1, 0.15) is 5.69 Å². The van der Waals surface area contributed by atoms with Gasteiger partial charge in [0, 0.05) is 12.8 Å². The van der Waals surface area contributed by atoms with Crippen LogP contribution in [-0.2, 0) is 11.2 Å². The quantitative estimate of drug-likeness (QED) is 0.501. The van der Waals surface area contributed by atoms with Crippen LogP contribution in [0.1, 0.15) is 17.7 Å². The summed E-state index contributed by atoms with van der Waals surface area (Å²) >= 11 is 12.0. The molecule has 0 spiro atoms. The zero-order chi connectivity index (χ0) is 18.4. The molecule has 0 aliphatic heterocycles. The Morgan fingerprint density at radius 3 is 2.64 bits per heavy atom. The molecule has 0 unspecified atom stereocenters. The Morgan fingerprint density at radius 1 is 1.36 bits per heavy atom. The number of aromatic amines is 2. The Morgan fingerprint density at radius 2 is 2.04 bits per heavy atom. The third kappa shape index (κ3) is 5.16. The van der Waals surface area contributed by atoms with Crippen molar-refractivity contribution in [1.82, 2.24) is 20.6 Å². The van der Waals surface area contributed by atoms with Gasteiger partial charge in [0.05, 0.1) is 23.4 Å². The van der Waals surface area contributed by atoms with Gasteiger partial charge in [0.15, 0.2) is 5.75 Å². The Balaban J connectivity index is 1.92. The van der Waals surface area contributed by atoms with Gasteiger partial charge in [-0.3, -0.25) is 14.6 Å². The van der Waals surface area contributed by atoms with Gasteiger partial charge in [-0.15, -0.1) is 0 Å². The summed E-state index contributed by atoms with van der Waals surface area (Å²) in [6.45, 7) is 0. The summed E-state index contributed by atoms with van der Waals surface area (Å²) in [5.41, 5.74) is 1.57.